The third kappa shape index (κ3) is 2.79. The standard InChI is InChI=1S/C18H15BrO2/c1-21-17-9-6-12(11-16(17)19)10-14-8-7-13-4-2-3-5-15(13)18(14)20/h2-6,9-11H,7-8H2,1H3. The number of benzene rings is 2. The van der Waals surface area contributed by atoms with Gasteiger partial charge >= 0.3 is 0 Å². The third-order valence-electron chi connectivity index (χ3n) is 3.73. The molecule has 0 amide bonds. The summed E-state index contributed by atoms with van der Waals surface area (Å²) in [4.78, 5) is 12.5. The van der Waals surface area contributed by atoms with Crippen molar-refractivity contribution < 1.29 is 9.53 Å². The zero-order chi connectivity index (χ0) is 14.8. The number of fused-ring (bicyclic) bond motifs is 1. The number of Topliss-reactive ketones (excluding diaryl/α,β-unsaturated/α-hetero) is 1. The third-order valence-corrected chi connectivity index (χ3v) is 4.35. The SMILES string of the molecule is COc1ccc(C=C2CCc3ccccc3C2=O)cc1Br. The lowest BCUT2D eigenvalue weighted by Crippen LogP contribution is -2.13. The molecule has 2 aromatic rings. The molecule has 2 aromatic carbocycles. The van der Waals surface area contributed by atoms with Crippen LogP contribution in [0.2, 0.25) is 0 Å². The van der Waals surface area contributed by atoms with Gasteiger partial charge in [0.2, 0.25) is 0 Å². The largest absolute Gasteiger partial charge is 0.496 e. The Morgan fingerprint density at radius 1 is 1.14 bits per heavy atom. The molecule has 3 rings (SSSR count). The molecule has 0 spiro atoms. The van der Waals surface area contributed by atoms with Gasteiger partial charge in [0.15, 0.2) is 5.78 Å². The van der Waals surface area contributed by atoms with Crippen molar-refractivity contribution in [1.82, 2.24) is 0 Å². The average molecular weight is 343 g/mol. The average Bonchev–Trinajstić information content (AvgIpc) is 2.51. The highest BCUT2D eigenvalue weighted by atomic mass is 79.9. The van der Waals surface area contributed by atoms with Crippen LogP contribution in [0.5, 0.6) is 5.75 Å². The number of rotatable bonds is 2. The summed E-state index contributed by atoms with van der Waals surface area (Å²) in [5, 5.41) is 0. The van der Waals surface area contributed by atoms with Gasteiger partial charge < -0.3 is 4.74 Å². The van der Waals surface area contributed by atoms with Crippen molar-refractivity contribution in [3.05, 3.63) is 69.2 Å². The van der Waals surface area contributed by atoms with Crippen LogP contribution in [0.15, 0.2) is 52.5 Å². The number of carbonyl (C=O) groups is 1. The van der Waals surface area contributed by atoms with Gasteiger partial charge in [-0.25, -0.2) is 0 Å². The first-order valence-electron chi connectivity index (χ1n) is 6.86. The van der Waals surface area contributed by atoms with E-state index in [4.69, 9.17) is 4.74 Å². The van der Waals surface area contributed by atoms with Gasteiger partial charge in [0.1, 0.15) is 5.75 Å². The van der Waals surface area contributed by atoms with E-state index in [-0.39, 0.29) is 5.78 Å². The Hall–Kier alpha value is -1.87. The molecule has 0 saturated carbocycles. The van der Waals surface area contributed by atoms with Gasteiger partial charge in [-0.15, -0.1) is 0 Å². The van der Waals surface area contributed by atoms with Crippen molar-refractivity contribution in [3.8, 4) is 5.75 Å². The van der Waals surface area contributed by atoms with E-state index in [9.17, 15) is 4.79 Å². The van der Waals surface area contributed by atoms with Gasteiger partial charge in [-0.05, 0) is 58.1 Å². The molecule has 3 heteroatoms. The first-order chi connectivity index (χ1) is 10.2. The van der Waals surface area contributed by atoms with Gasteiger partial charge in [-0.3, -0.25) is 4.79 Å². The lowest BCUT2D eigenvalue weighted by molar-refractivity contribution is 0.102. The minimum absolute atomic E-state index is 0.142. The molecule has 0 heterocycles. The summed E-state index contributed by atoms with van der Waals surface area (Å²) < 4.78 is 6.11. The van der Waals surface area contributed by atoms with Crippen molar-refractivity contribution in [2.45, 2.75) is 12.8 Å². The lowest BCUT2D eigenvalue weighted by Gasteiger charge is -2.17. The van der Waals surface area contributed by atoms with E-state index in [2.05, 4.69) is 15.9 Å². The summed E-state index contributed by atoms with van der Waals surface area (Å²) in [6.07, 6.45) is 3.69. The topological polar surface area (TPSA) is 26.3 Å². The fourth-order valence-electron chi connectivity index (χ4n) is 2.63. The Bertz CT molecular complexity index is 732. The van der Waals surface area contributed by atoms with Crippen LogP contribution in [0.25, 0.3) is 6.08 Å². The Morgan fingerprint density at radius 3 is 2.71 bits per heavy atom. The highest BCUT2D eigenvalue weighted by Gasteiger charge is 2.21. The Balaban J connectivity index is 1.95. The van der Waals surface area contributed by atoms with Crippen molar-refractivity contribution in [3.63, 3.8) is 0 Å². The maximum absolute atomic E-state index is 12.5. The normalized spacial score (nSPS) is 15.9. The molecule has 0 fully saturated rings. The van der Waals surface area contributed by atoms with Crippen LogP contribution in [0.4, 0.5) is 0 Å². The number of ketones is 1. The first-order valence-corrected chi connectivity index (χ1v) is 7.65. The number of hydrogen-bond acceptors (Lipinski definition) is 2. The predicted molar refractivity (Wildman–Crippen MR) is 87.8 cm³/mol. The Labute approximate surface area is 132 Å². The maximum Gasteiger partial charge on any atom is 0.189 e. The molecule has 0 aliphatic heterocycles. The molecule has 1 aliphatic carbocycles. The monoisotopic (exact) mass is 342 g/mol. The molecule has 2 nitrogen and oxygen atoms in total. The first kappa shape index (κ1) is 14.1. The van der Waals surface area contributed by atoms with Crippen LogP contribution in [0.1, 0.15) is 27.9 Å². The van der Waals surface area contributed by atoms with E-state index in [0.29, 0.717) is 0 Å². The number of carbonyl (C=O) groups excluding carboxylic acids is 1. The van der Waals surface area contributed by atoms with Crippen molar-refractivity contribution in [2.75, 3.05) is 7.11 Å². The van der Waals surface area contributed by atoms with Crippen LogP contribution >= 0.6 is 15.9 Å². The van der Waals surface area contributed by atoms with Crippen molar-refractivity contribution in [1.29, 1.82) is 0 Å². The summed E-state index contributed by atoms with van der Waals surface area (Å²) in [5.74, 6) is 0.932. The fraction of sp³-hybridized carbons (Fsp3) is 0.167. The van der Waals surface area contributed by atoms with E-state index >= 15 is 0 Å². The van der Waals surface area contributed by atoms with E-state index < -0.39 is 0 Å². The molecule has 1 aliphatic rings. The zero-order valence-corrected chi connectivity index (χ0v) is 13.3. The molecular formula is C18H15BrO2. The van der Waals surface area contributed by atoms with Gasteiger partial charge in [-0.2, -0.15) is 0 Å². The molecule has 0 bridgehead atoms. The quantitative estimate of drug-likeness (QED) is 0.741. The molecular weight excluding hydrogens is 328 g/mol. The molecule has 0 radical (unpaired) electrons. The molecule has 106 valence electrons. The second-order valence-electron chi connectivity index (χ2n) is 5.05. The molecule has 0 aromatic heterocycles. The summed E-state index contributed by atoms with van der Waals surface area (Å²) in [5.41, 5.74) is 3.86. The van der Waals surface area contributed by atoms with Gasteiger partial charge in [0.25, 0.3) is 0 Å². The van der Waals surface area contributed by atoms with Gasteiger partial charge in [-0.1, -0.05) is 30.3 Å². The van der Waals surface area contributed by atoms with E-state index in [1.807, 2.05) is 48.5 Å². The number of halogens is 1. The highest BCUT2D eigenvalue weighted by molar-refractivity contribution is 9.10. The summed E-state index contributed by atoms with van der Waals surface area (Å²) in [6, 6.07) is 13.7. The summed E-state index contributed by atoms with van der Waals surface area (Å²) in [7, 11) is 1.64. The van der Waals surface area contributed by atoms with Crippen LogP contribution in [0, 0.1) is 0 Å². The minimum atomic E-state index is 0.142. The molecule has 21 heavy (non-hydrogen) atoms. The van der Waals surface area contributed by atoms with E-state index in [1.165, 1.54) is 0 Å². The Kier molecular flexibility index (Phi) is 3.93. The maximum atomic E-state index is 12.5. The number of ether oxygens (including phenoxy) is 1. The van der Waals surface area contributed by atoms with Gasteiger partial charge in [0.05, 0.1) is 11.6 Å². The zero-order valence-electron chi connectivity index (χ0n) is 11.7. The smallest absolute Gasteiger partial charge is 0.189 e. The predicted octanol–water partition coefficient (Wildman–Crippen LogP) is 4.67. The minimum Gasteiger partial charge on any atom is -0.496 e. The van der Waals surface area contributed by atoms with Crippen molar-refractivity contribution >= 4 is 27.8 Å². The molecule has 0 atom stereocenters. The van der Waals surface area contributed by atoms with Crippen LogP contribution in [-0.4, -0.2) is 12.9 Å². The summed E-state index contributed by atoms with van der Waals surface area (Å²) in [6.45, 7) is 0. The van der Waals surface area contributed by atoms with Crippen LogP contribution in [0.3, 0.4) is 0 Å². The van der Waals surface area contributed by atoms with Crippen LogP contribution < -0.4 is 4.74 Å². The van der Waals surface area contributed by atoms with E-state index in [0.717, 1.165) is 45.3 Å². The summed E-state index contributed by atoms with van der Waals surface area (Å²) >= 11 is 3.47. The lowest BCUT2D eigenvalue weighted by atomic mass is 9.86. The number of aryl methyl sites for hydroxylation is 1. The highest BCUT2D eigenvalue weighted by Crippen LogP contribution is 2.29. The number of methoxy groups -OCH3 is 1. The molecule has 0 unspecified atom stereocenters. The number of allylic oxidation sites excluding steroid dienone is 1. The fourth-order valence-corrected chi connectivity index (χ4v) is 3.19. The Morgan fingerprint density at radius 2 is 1.95 bits per heavy atom. The van der Waals surface area contributed by atoms with Crippen molar-refractivity contribution in [2.24, 2.45) is 0 Å². The van der Waals surface area contributed by atoms with Gasteiger partial charge in [0, 0.05) is 11.1 Å². The molecule has 0 N–H and O–H groups in total. The molecule has 0 saturated heterocycles. The van der Waals surface area contributed by atoms with Crippen LogP contribution in [-0.2, 0) is 6.42 Å². The second kappa shape index (κ2) is 5.86. The van der Waals surface area contributed by atoms with E-state index in [1.54, 1.807) is 7.11 Å². The number of hydrogen-bond donors (Lipinski definition) is 0. The second-order valence-corrected chi connectivity index (χ2v) is 5.90.